The minimum absolute atomic E-state index is 0.0727. The van der Waals surface area contributed by atoms with Gasteiger partial charge in [0.15, 0.2) is 6.61 Å². The van der Waals surface area contributed by atoms with Crippen molar-refractivity contribution in [2.24, 2.45) is 16.8 Å². The zero-order valence-electron chi connectivity index (χ0n) is 12.7. The lowest BCUT2D eigenvalue weighted by Gasteiger charge is -2.16. The Labute approximate surface area is 125 Å². The normalized spacial score (nSPS) is 14.4. The lowest BCUT2D eigenvalue weighted by molar-refractivity contribution is -0.123. The summed E-state index contributed by atoms with van der Waals surface area (Å²) in [5, 5.41) is 3.81. The summed E-state index contributed by atoms with van der Waals surface area (Å²) in [5.74, 6) is 0.931. The van der Waals surface area contributed by atoms with E-state index in [1.807, 2.05) is 24.3 Å². The van der Waals surface area contributed by atoms with Crippen LogP contribution in [0.4, 0.5) is 5.69 Å². The number of amidine groups is 1. The molecule has 5 nitrogen and oxygen atoms in total. The van der Waals surface area contributed by atoms with Crippen LogP contribution in [0.1, 0.15) is 32.3 Å². The minimum atomic E-state index is -0.0830. The Morgan fingerprint density at radius 2 is 2.19 bits per heavy atom. The topological polar surface area (TPSA) is 67.9 Å². The molecular formula is C16H23N3O2. The molecule has 0 saturated carbocycles. The third-order valence-corrected chi connectivity index (χ3v) is 3.54. The Bertz CT molecular complexity index is 526. The van der Waals surface area contributed by atoms with Crippen LogP contribution in [-0.2, 0) is 16.1 Å². The maximum atomic E-state index is 12.1. The number of anilines is 1. The molecule has 1 amide bonds. The standard InChI is InChI=1S/C16H23N3O2/c1-12(2)7-8-15(17)18-21-11-16(20)19-10-9-13-5-3-4-6-14(13)19/h3-6,12H,7-11H2,1-2H3,(H2,17,18). The number of hydrogen-bond donors (Lipinski definition) is 1. The molecule has 2 N–H and O–H groups in total. The molecule has 1 aromatic carbocycles. The van der Waals surface area contributed by atoms with Crippen molar-refractivity contribution in [3.63, 3.8) is 0 Å². The lowest BCUT2D eigenvalue weighted by Crippen LogP contribution is -2.32. The summed E-state index contributed by atoms with van der Waals surface area (Å²) in [6.07, 6.45) is 2.55. The number of nitrogens with two attached hydrogens (primary N) is 1. The van der Waals surface area contributed by atoms with Crippen molar-refractivity contribution in [2.45, 2.75) is 33.1 Å². The van der Waals surface area contributed by atoms with Gasteiger partial charge in [0.05, 0.1) is 0 Å². The molecule has 1 aliphatic rings. The summed E-state index contributed by atoms with van der Waals surface area (Å²) in [4.78, 5) is 19.0. The third kappa shape index (κ3) is 4.21. The largest absolute Gasteiger partial charge is 0.384 e. The number of nitrogens with zero attached hydrogens (tertiary/aromatic N) is 2. The van der Waals surface area contributed by atoms with E-state index < -0.39 is 0 Å². The quantitative estimate of drug-likeness (QED) is 0.496. The summed E-state index contributed by atoms with van der Waals surface area (Å²) in [6.45, 7) is 4.88. The molecule has 0 atom stereocenters. The highest BCUT2D eigenvalue weighted by Gasteiger charge is 2.24. The van der Waals surface area contributed by atoms with Gasteiger partial charge in [-0.2, -0.15) is 0 Å². The van der Waals surface area contributed by atoms with Gasteiger partial charge < -0.3 is 15.5 Å². The number of hydrogen-bond acceptors (Lipinski definition) is 3. The van der Waals surface area contributed by atoms with Crippen LogP contribution in [0.3, 0.4) is 0 Å². The van der Waals surface area contributed by atoms with E-state index in [-0.39, 0.29) is 12.5 Å². The number of carbonyl (C=O) groups excluding carboxylic acids is 1. The Kier molecular flexibility index (Phi) is 5.20. The van der Waals surface area contributed by atoms with E-state index in [1.54, 1.807) is 4.90 Å². The lowest BCUT2D eigenvalue weighted by atomic mass is 10.1. The first-order chi connectivity index (χ1) is 10.1. The molecule has 21 heavy (non-hydrogen) atoms. The molecule has 1 aromatic rings. The van der Waals surface area contributed by atoms with Crippen LogP contribution in [-0.4, -0.2) is 24.9 Å². The predicted molar refractivity (Wildman–Crippen MR) is 84.1 cm³/mol. The molecule has 5 heteroatoms. The van der Waals surface area contributed by atoms with Crippen molar-refractivity contribution in [1.82, 2.24) is 0 Å². The molecular weight excluding hydrogens is 266 g/mol. The average molecular weight is 289 g/mol. The smallest absolute Gasteiger partial charge is 0.267 e. The van der Waals surface area contributed by atoms with Gasteiger partial charge in [-0.1, -0.05) is 37.2 Å². The molecule has 1 aliphatic heterocycles. The number of benzene rings is 1. The van der Waals surface area contributed by atoms with E-state index in [2.05, 4.69) is 19.0 Å². The van der Waals surface area contributed by atoms with E-state index in [1.165, 1.54) is 5.56 Å². The first-order valence-corrected chi connectivity index (χ1v) is 7.40. The van der Waals surface area contributed by atoms with Crippen LogP contribution in [0.5, 0.6) is 0 Å². The van der Waals surface area contributed by atoms with Gasteiger partial charge in [0.25, 0.3) is 5.91 Å². The second-order valence-electron chi connectivity index (χ2n) is 5.71. The number of rotatable bonds is 6. The second kappa shape index (κ2) is 7.11. The maximum Gasteiger partial charge on any atom is 0.267 e. The summed E-state index contributed by atoms with van der Waals surface area (Å²) in [6, 6.07) is 7.93. The molecule has 0 bridgehead atoms. The number of fused-ring (bicyclic) bond motifs is 1. The summed E-state index contributed by atoms with van der Waals surface area (Å²) < 4.78 is 0. The molecule has 0 spiro atoms. The Morgan fingerprint density at radius 1 is 1.43 bits per heavy atom. The first-order valence-electron chi connectivity index (χ1n) is 7.40. The van der Waals surface area contributed by atoms with Gasteiger partial charge in [0.2, 0.25) is 0 Å². The van der Waals surface area contributed by atoms with Crippen molar-refractivity contribution in [2.75, 3.05) is 18.1 Å². The van der Waals surface area contributed by atoms with Crippen LogP contribution in [0.25, 0.3) is 0 Å². The fourth-order valence-corrected chi connectivity index (χ4v) is 2.33. The summed E-state index contributed by atoms with van der Waals surface area (Å²) in [7, 11) is 0. The Balaban J connectivity index is 1.82. The van der Waals surface area contributed by atoms with Gasteiger partial charge >= 0.3 is 0 Å². The zero-order chi connectivity index (χ0) is 15.2. The van der Waals surface area contributed by atoms with Crippen molar-refractivity contribution in [1.29, 1.82) is 0 Å². The van der Waals surface area contributed by atoms with Crippen molar-refractivity contribution in [3.05, 3.63) is 29.8 Å². The molecule has 2 rings (SSSR count). The minimum Gasteiger partial charge on any atom is -0.384 e. The van der Waals surface area contributed by atoms with Crippen molar-refractivity contribution >= 4 is 17.4 Å². The van der Waals surface area contributed by atoms with Crippen LogP contribution in [0.15, 0.2) is 29.4 Å². The molecule has 0 radical (unpaired) electrons. The number of para-hydroxylation sites is 1. The van der Waals surface area contributed by atoms with Gasteiger partial charge in [-0.25, -0.2) is 0 Å². The molecule has 0 saturated heterocycles. The highest BCUT2D eigenvalue weighted by molar-refractivity contribution is 5.96. The number of carbonyl (C=O) groups is 1. The highest BCUT2D eigenvalue weighted by atomic mass is 16.6. The molecule has 0 fully saturated rings. The summed E-state index contributed by atoms with van der Waals surface area (Å²) in [5.41, 5.74) is 7.91. The highest BCUT2D eigenvalue weighted by Crippen LogP contribution is 2.27. The maximum absolute atomic E-state index is 12.1. The monoisotopic (exact) mass is 289 g/mol. The van der Waals surface area contributed by atoms with E-state index in [0.717, 1.165) is 18.5 Å². The average Bonchev–Trinajstić information content (AvgIpc) is 2.89. The van der Waals surface area contributed by atoms with Gasteiger partial charge in [-0.3, -0.25) is 4.79 Å². The fourth-order valence-electron chi connectivity index (χ4n) is 2.33. The van der Waals surface area contributed by atoms with Crippen LogP contribution in [0.2, 0.25) is 0 Å². The second-order valence-corrected chi connectivity index (χ2v) is 5.71. The van der Waals surface area contributed by atoms with Gasteiger partial charge in [-0.15, -0.1) is 0 Å². The van der Waals surface area contributed by atoms with Crippen LogP contribution >= 0.6 is 0 Å². The van der Waals surface area contributed by atoms with E-state index >= 15 is 0 Å². The Morgan fingerprint density at radius 3 is 2.95 bits per heavy atom. The number of amides is 1. The van der Waals surface area contributed by atoms with Gasteiger partial charge in [0.1, 0.15) is 5.84 Å². The van der Waals surface area contributed by atoms with Crippen LogP contribution in [0, 0.1) is 5.92 Å². The van der Waals surface area contributed by atoms with Gasteiger partial charge in [0, 0.05) is 18.7 Å². The zero-order valence-corrected chi connectivity index (χ0v) is 12.7. The van der Waals surface area contributed by atoms with Crippen molar-refractivity contribution in [3.8, 4) is 0 Å². The third-order valence-electron chi connectivity index (χ3n) is 3.54. The SMILES string of the molecule is CC(C)CC/C(N)=N/OCC(=O)N1CCc2ccccc21. The fraction of sp³-hybridized carbons (Fsp3) is 0.500. The Hall–Kier alpha value is -2.04. The summed E-state index contributed by atoms with van der Waals surface area (Å²) >= 11 is 0. The van der Waals surface area contributed by atoms with Gasteiger partial charge in [-0.05, 0) is 30.4 Å². The van der Waals surface area contributed by atoms with E-state index in [0.29, 0.717) is 24.7 Å². The predicted octanol–water partition coefficient (Wildman–Crippen LogP) is 2.30. The molecule has 1 heterocycles. The number of oxime groups is 1. The molecule has 0 aromatic heterocycles. The molecule has 0 unspecified atom stereocenters. The van der Waals surface area contributed by atoms with Crippen molar-refractivity contribution < 1.29 is 9.63 Å². The first kappa shape index (κ1) is 15.4. The van der Waals surface area contributed by atoms with Crippen LogP contribution < -0.4 is 10.6 Å². The van der Waals surface area contributed by atoms with E-state index in [4.69, 9.17) is 10.6 Å². The molecule has 114 valence electrons. The molecule has 0 aliphatic carbocycles. The van der Waals surface area contributed by atoms with E-state index in [9.17, 15) is 4.79 Å².